The van der Waals surface area contributed by atoms with Crippen LogP contribution in [0.15, 0.2) is 59.7 Å². The molecule has 1 unspecified atom stereocenters. The van der Waals surface area contributed by atoms with Gasteiger partial charge < -0.3 is 5.11 Å². The predicted molar refractivity (Wildman–Crippen MR) is 75.5 cm³/mol. The lowest BCUT2D eigenvalue weighted by Gasteiger charge is -2.10. The first kappa shape index (κ1) is 13.1. The smallest absolute Gasteiger partial charge is 0.0647 e. The van der Waals surface area contributed by atoms with Crippen LogP contribution in [0.25, 0.3) is 21.6 Å². The number of aliphatic hydroxyl groups is 1. The molecular weight excluding hydrogens is 238 g/mol. The van der Waals surface area contributed by atoms with E-state index in [1.54, 1.807) is 0 Å². The van der Waals surface area contributed by atoms with Crippen molar-refractivity contribution in [1.29, 1.82) is 0 Å². The van der Waals surface area contributed by atoms with Gasteiger partial charge in [0.1, 0.15) is 0 Å². The molecule has 0 bridgehead atoms. The highest BCUT2D eigenvalue weighted by atomic mass is 16.3. The molecule has 0 spiro atoms. The van der Waals surface area contributed by atoms with Crippen molar-refractivity contribution in [2.75, 3.05) is 6.61 Å². The van der Waals surface area contributed by atoms with E-state index >= 15 is 0 Å². The van der Waals surface area contributed by atoms with Crippen LogP contribution in [0.1, 0.15) is 18.0 Å². The number of hydrogen-bond acceptors (Lipinski definition) is 2. The number of aliphatic hydroxyl groups excluding tert-OH is 1. The molecule has 4 nitrogen and oxygen atoms in total. The third kappa shape index (κ3) is 3.35. The van der Waals surface area contributed by atoms with Gasteiger partial charge >= 0.3 is 0 Å². The van der Waals surface area contributed by atoms with Gasteiger partial charge in [-0.05, 0) is 28.6 Å². The quantitative estimate of drug-likeness (QED) is 0.486. The van der Waals surface area contributed by atoms with Crippen molar-refractivity contribution >= 4 is 0 Å². The van der Waals surface area contributed by atoms with Gasteiger partial charge in [0.15, 0.2) is 0 Å². The third-order valence-electron chi connectivity index (χ3n) is 3.00. The molecule has 0 radical (unpaired) electrons. The Balaban J connectivity index is 2.24. The van der Waals surface area contributed by atoms with Crippen LogP contribution in [0.2, 0.25) is 0 Å². The van der Waals surface area contributed by atoms with E-state index in [2.05, 4.69) is 10.0 Å². The Bertz CT molecular complexity index is 560. The first-order valence-electron chi connectivity index (χ1n) is 6.15. The summed E-state index contributed by atoms with van der Waals surface area (Å²) in [6, 6.07) is 17.7. The molecule has 0 aliphatic rings. The Hall–Kier alpha value is -2.29. The van der Waals surface area contributed by atoms with Gasteiger partial charge in [-0.15, -0.1) is 0 Å². The molecule has 4 heteroatoms. The number of rotatable bonds is 5. The van der Waals surface area contributed by atoms with E-state index in [1.165, 1.54) is 0 Å². The highest BCUT2D eigenvalue weighted by Crippen LogP contribution is 2.25. The summed E-state index contributed by atoms with van der Waals surface area (Å²) in [5.74, 6) is 0. The largest absolute Gasteiger partial charge is 0.396 e. The van der Waals surface area contributed by atoms with Gasteiger partial charge in [0, 0.05) is 11.5 Å². The average Bonchev–Trinajstić information content (AvgIpc) is 2.48. The Labute approximate surface area is 112 Å². The first-order valence-corrected chi connectivity index (χ1v) is 6.15. The number of hydrogen-bond donors (Lipinski definition) is 1. The summed E-state index contributed by atoms with van der Waals surface area (Å²) in [5, 5.41) is 12.7. The molecule has 0 amide bonds. The molecule has 0 saturated carbocycles. The van der Waals surface area contributed by atoms with Crippen molar-refractivity contribution in [3.63, 3.8) is 0 Å². The lowest BCUT2D eigenvalue weighted by molar-refractivity contribution is 0.276. The van der Waals surface area contributed by atoms with Gasteiger partial charge in [0.25, 0.3) is 0 Å². The van der Waals surface area contributed by atoms with Crippen LogP contribution < -0.4 is 0 Å². The average molecular weight is 253 g/mol. The van der Waals surface area contributed by atoms with Gasteiger partial charge in [-0.25, -0.2) is 0 Å². The summed E-state index contributed by atoms with van der Waals surface area (Å²) in [4.78, 5) is 2.83. The van der Waals surface area contributed by atoms with Crippen molar-refractivity contribution in [2.45, 2.75) is 12.5 Å². The summed E-state index contributed by atoms with van der Waals surface area (Å²) in [5.41, 5.74) is 11.7. The maximum atomic E-state index is 8.97. The van der Waals surface area contributed by atoms with Crippen molar-refractivity contribution < 1.29 is 5.11 Å². The number of azide groups is 1. The molecule has 1 N–H and O–H groups in total. The zero-order chi connectivity index (χ0) is 13.5. The van der Waals surface area contributed by atoms with Crippen LogP contribution in [0.5, 0.6) is 0 Å². The molecule has 0 aromatic heterocycles. The minimum Gasteiger partial charge on any atom is -0.396 e. The van der Waals surface area contributed by atoms with Crippen molar-refractivity contribution in [1.82, 2.24) is 0 Å². The van der Waals surface area contributed by atoms with Crippen molar-refractivity contribution in [3.05, 3.63) is 70.6 Å². The Morgan fingerprint density at radius 2 is 1.63 bits per heavy atom. The van der Waals surface area contributed by atoms with Crippen molar-refractivity contribution in [2.24, 2.45) is 5.11 Å². The topological polar surface area (TPSA) is 69.0 Å². The molecular formula is C15H15N3O. The molecule has 19 heavy (non-hydrogen) atoms. The summed E-state index contributed by atoms with van der Waals surface area (Å²) in [6.07, 6.45) is 0.439. The summed E-state index contributed by atoms with van der Waals surface area (Å²) in [6.45, 7) is 0.00409. The van der Waals surface area contributed by atoms with Crippen LogP contribution in [-0.4, -0.2) is 11.7 Å². The molecule has 96 valence electrons. The summed E-state index contributed by atoms with van der Waals surface area (Å²) in [7, 11) is 0. The summed E-state index contributed by atoms with van der Waals surface area (Å²) >= 11 is 0. The lowest BCUT2D eigenvalue weighted by Crippen LogP contribution is -1.97. The summed E-state index contributed by atoms with van der Waals surface area (Å²) < 4.78 is 0. The number of benzene rings is 2. The highest BCUT2D eigenvalue weighted by molar-refractivity contribution is 5.63. The molecule has 2 aromatic rings. The van der Waals surface area contributed by atoms with E-state index in [0.29, 0.717) is 6.42 Å². The van der Waals surface area contributed by atoms with E-state index in [9.17, 15) is 0 Å². The molecule has 1 atom stereocenters. The zero-order valence-electron chi connectivity index (χ0n) is 10.5. The number of nitrogens with zero attached hydrogens (tertiary/aromatic N) is 3. The van der Waals surface area contributed by atoms with E-state index in [0.717, 1.165) is 16.7 Å². The molecule has 0 fully saturated rings. The van der Waals surface area contributed by atoms with E-state index in [-0.39, 0.29) is 12.6 Å². The van der Waals surface area contributed by atoms with E-state index in [4.69, 9.17) is 10.6 Å². The normalized spacial score (nSPS) is 11.6. The second kappa shape index (κ2) is 6.59. The van der Waals surface area contributed by atoms with Crippen molar-refractivity contribution in [3.8, 4) is 11.1 Å². The molecule has 2 aromatic carbocycles. The van der Waals surface area contributed by atoms with Crippen LogP contribution in [0.4, 0.5) is 0 Å². The van der Waals surface area contributed by atoms with E-state index in [1.807, 2.05) is 54.6 Å². The van der Waals surface area contributed by atoms with Gasteiger partial charge in [-0.1, -0.05) is 59.7 Å². The minimum absolute atomic E-state index is 0.00409. The SMILES string of the molecule is [N-]=[N+]=NC(CCO)c1ccc(-c2ccccc2)cc1. The van der Waals surface area contributed by atoms with Gasteiger partial charge in [0.05, 0.1) is 6.04 Å². The fourth-order valence-electron chi connectivity index (χ4n) is 2.00. The standard InChI is InChI=1S/C15H15N3O/c16-18-17-15(10-11-19)14-8-6-13(7-9-14)12-4-2-1-3-5-12/h1-9,15,19H,10-11H2. The molecule has 0 saturated heterocycles. The van der Waals surface area contributed by atoms with Gasteiger partial charge in [-0.3, -0.25) is 0 Å². The zero-order valence-corrected chi connectivity index (χ0v) is 10.5. The molecule has 0 aliphatic heterocycles. The highest BCUT2D eigenvalue weighted by Gasteiger charge is 2.08. The molecule has 0 heterocycles. The molecule has 2 rings (SSSR count). The van der Waals surface area contributed by atoms with Crippen LogP contribution in [-0.2, 0) is 0 Å². The van der Waals surface area contributed by atoms with Crippen LogP contribution in [0.3, 0.4) is 0 Å². The van der Waals surface area contributed by atoms with E-state index < -0.39 is 0 Å². The minimum atomic E-state index is -0.306. The molecule has 0 aliphatic carbocycles. The fraction of sp³-hybridized carbons (Fsp3) is 0.200. The maximum absolute atomic E-state index is 8.97. The van der Waals surface area contributed by atoms with Gasteiger partial charge in [-0.2, -0.15) is 0 Å². The second-order valence-corrected chi connectivity index (χ2v) is 4.22. The van der Waals surface area contributed by atoms with Gasteiger partial charge in [0.2, 0.25) is 0 Å². The predicted octanol–water partition coefficient (Wildman–Crippen LogP) is 4.09. The lowest BCUT2D eigenvalue weighted by atomic mass is 10.00. The Kier molecular flexibility index (Phi) is 4.56. The second-order valence-electron chi connectivity index (χ2n) is 4.22. The fourth-order valence-corrected chi connectivity index (χ4v) is 2.00. The first-order chi connectivity index (χ1) is 9.35. The Morgan fingerprint density at radius 1 is 1.00 bits per heavy atom. The maximum Gasteiger partial charge on any atom is 0.0647 e. The monoisotopic (exact) mass is 253 g/mol. The van der Waals surface area contributed by atoms with Crippen LogP contribution >= 0.6 is 0 Å². The Morgan fingerprint density at radius 3 is 2.21 bits per heavy atom. The third-order valence-corrected chi connectivity index (χ3v) is 3.00. The van der Waals surface area contributed by atoms with Crippen LogP contribution in [0, 0.1) is 0 Å².